The molecule has 31 heavy (non-hydrogen) atoms. The number of hydrogen-bond donors (Lipinski definition) is 2. The van der Waals surface area contributed by atoms with Gasteiger partial charge in [-0.25, -0.2) is 26.9 Å². The number of sulfonamides is 1. The van der Waals surface area contributed by atoms with Gasteiger partial charge in [0, 0.05) is 36.0 Å². The fraction of sp³-hybridized carbons (Fsp3) is 0.500. The summed E-state index contributed by atoms with van der Waals surface area (Å²) in [6.07, 6.45) is 3.30. The molecule has 2 aromatic rings. The Morgan fingerprint density at radius 2 is 2.00 bits per heavy atom. The monoisotopic (exact) mass is 471 g/mol. The molecule has 1 saturated heterocycles. The lowest BCUT2D eigenvalue weighted by Crippen LogP contribution is -2.57. The van der Waals surface area contributed by atoms with E-state index >= 15 is 0 Å². The molecule has 2 atom stereocenters. The number of rotatable bonds is 6. The van der Waals surface area contributed by atoms with Crippen molar-refractivity contribution in [3.63, 3.8) is 0 Å². The maximum absolute atomic E-state index is 13.6. The number of hydrogen-bond acceptors (Lipinski definition) is 6. The van der Waals surface area contributed by atoms with Gasteiger partial charge >= 0.3 is 0 Å². The zero-order valence-electron chi connectivity index (χ0n) is 16.8. The van der Waals surface area contributed by atoms with Crippen molar-refractivity contribution in [1.29, 1.82) is 0 Å². The SMILES string of the molecule is CS(=O)(=O)N[C@H]1CCN(C(=O)C2(O)CCC2)C1Cc1csc(-c2cc(F)cc(F)c2)n1. The molecule has 7 nitrogen and oxygen atoms in total. The Labute approximate surface area is 183 Å². The summed E-state index contributed by atoms with van der Waals surface area (Å²) in [6, 6.07) is 2.13. The van der Waals surface area contributed by atoms with Crippen LogP contribution in [0.15, 0.2) is 23.6 Å². The molecular weight excluding hydrogens is 448 g/mol. The topological polar surface area (TPSA) is 99.6 Å². The summed E-state index contributed by atoms with van der Waals surface area (Å²) in [7, 11) is -3.51. The number of nitrogens with one attached hydrogen (secondary N) is 1. The Morgan fingerprint density at radius 3 is 2.58 bits per heavy atom. The van der Waals surface area contributed by atoms with Crippen molar-refractivity contribution in [3.8, 4) is 10.6 Å². The van der Waals surface area contributed by atoms with Crippen molar-refractivity contribution < 1.29 is 27.1 Å². The normalized spacial score (nSPS) is 23.0. The molecule has 1 unspecified atom stereocenters. The highest BCUT2D eigenvalue weighted by atomic mass is 32.2. The van der Waals surface area contributed by atoms with Gasteiger partial charge in [-0.3, -0.25) is 4.79 Å². The second kappa shape index (κ2) is 8.19. The van der Waals surface area contributed by atoms with Crippen LogP contribution in [0.4, 0.5) is 8.78 Å². The first-order valence-electron chi connectivity index (χ1n) is 9.96. The molecule has 0 spiro atoms. The fourth-order valence-corrected chi connectivity index (χ4v) is 5.83. The molecule has 11 heteroatoms. The largest absolute Gasteiger partial charge is 0.380 e. The molecule has 1 aromatic heterocycles. The van der Waals surface area contributed by atoms with Crippen LogP contribution in [0.3, 0.4) is 0 Å². The second-order valence-electron chi connectivity index (χ2n) is 8.24. The van der Waals surface area contributed by atoms with Gasteiger partial charge in [0.05, 0.1) is 18.0 Å². The highest BCUT2D eigenvalue weighted by molar-refractivity contribution is 7.88. The molecule has 1 aliphatic carbocycles. The zero-order chi connectivity index (χ0) is 22.4. The number of amides is 1. The van der Waals surface area contributed by atoms with Crippen LogP contribution in [0.2, 0.25) is 0 Å². The molecule has 2 heterocycles. The van der Waals surface area contributed by atoms with E-state index in [1.807, 2.05) is 0 Å². The van der Waals surface area contributed by atoms with Gasteiger partial charge in [-0.15, -0.1) is 11.3 Å². The number of carbonyl (C=O) groups excluding carboxylic acids is 1. The number of carbonyl (C=O) groups is 1. The van der Waals surface area contributed by atoms with E-state index in [2.05, 4.69) is 9.71 Å². The van der Waals surface area contributed by atoms with Gasteiger partial charge in [0.2, 0.25) is 10.0 Å². The van der Waals surface area contributed by atoms with Crippen LogP contribution in [0.25, 0.3) is 10.6 Å². The molecule has 1 aliphatic heterocycles. The molecule has 1 aromatic carbocycles. The lowest BCUT2D eigenvalue weighted by molar-refractivity contribution is -0.161. The molecule has 2 aliphatic rings. The third kappa shape index (κ3) is 4.79. The molecule has 4 rings (SSSR count). The lowest BCUT2D eigenvalue weighted by atomic mass is 9.79. The molecule has 2 N–H and O–H groups in total. The smallest absolute Gasteiger partial charge is 0.254 e. The van der Waals surface area contributed by atoms with E-state index in [9.17, 15) is 27.1 Å². The fourth-order valence-electron chi connectivity index (χ4n) is 4.19. The van der Waals surface area contributed by atoms with Gasteiger partial charge in [-0.05, 0) is 37.8 Å². The first kappa shape index (κ1) is 22.3. The van der Waals surface area contributed by atoms with E-state index in [0.717, 1.165) is 18.7 Å². The number of aromatic nitrogens is 1. The summed E-state index contributed by atoms with van der Waals surface area (Å²) in [5.74, 6) is -1.79. The Morgan fingerprint density at radius 1 is 1.32 bits per heavy atom. The summed E-state index contributed by atoms with van der Waals surface area (Å²) < 4.78 is 53.4. The predicted molar refractivity (Wildman–Crippen MR) is 112 cm³/mol. The lowest BCUT2D eigenvalue weighted by Gasteiger charge is -2.40. The Hall–Kier alpha value is -1.95. The van der Waals surface area contributed by atoms with Gasteiger partial charge < -0.3 is 10.0 Å². The molecule has 0 radical (unpaired) electrons. The van der Waals surface area contributed by atoms with Crippen LogP contribution in [0.1, 0.15) is 31.4 Å². The Kier molecular flexibility index (Phi) is 5.88. The van der Waals surface area contributed by atoms with Crippen molar-refractivity contribution in [2.45, 2.75) is 49.8 Å². The molecule has 1 saturated carbocycles. The minimum Gasteiger partial charge on any atom is -0.380 e. The van der Waals surface area contributed by atoms with Crippen molar-refractivity contribution in [1.82, 2.24) is 14.6 Å². The summed E-state index contributed by atoms with van der Waals surface area (Å²) in [5.41, 5.74) is -0.497. The Balaban J connectivity index is 1.59. The molecule has 2 fully saturated rings. The minimum absolute atomic E-state index is 0.253. The van der Waals surface area contributed by atoms with Crippen LogP contribution >= 0.6 is 11.3 Å². The molecular formula is C20H23F2N3O4S2. The first-order chi connectivity index (χ1) is 14.5. The van der Waals surface area contributed by atoms with E-state index in [4.69, 9.17) is 0 Å². The van der Waals surface area contributed by atoms with Crippen molar-refractivity contribution in [3.05, 3.63) is 40.9 Å². The predicted octanol–water partition coefficient (Wildman–Crippen LogP) is 2.06. The maximum atomic E-state index is 13.6. The van der Waals surface area contributed by atoms with Crippen molar-refractivity contribution in [2.24, 2.45) is 0 Å². The highest BCUT2D eigenvalue weighted by Gasteiger charge is 2.49. The van der Waals surface area contributed by atoms with Gasteiger partial charge in [0.1, 0.15) is 22.2 Å². The number of aliphatic hydroxyl groups is 1. The van der Waals surface area contributed by atoms with E-state index in [0.29, 0.717) is 42.1 Å². The minimum atomic E-state index is -3.51. The quantitative estimate of drug-likeness (QED) is 0.672. The third-order valence-corrected chi connectivity index (χ3v) is 7.50. The van der Waals surface area contributed by atoms with Crippen LogP contribution in [0.5, 0.6) is 0 Å². The first-order valence-corrected chi connectivity index (χ1v) is 12.7. The average Bonchev–Trinajstić information content (AvgIpc) is 3.25. The van der Waals surface area contributed by atoms with Gasteiger partial charge in [0.15, 0.2) is 0 Å². The summed E-state index contributed by atoms with van der Waals surface area (Å²) >= 11 is 1.21. The van der Waals surface area contributed by atoms with Gasteiger partial charge in [0.25, 0.3) is 5.91 Å². The molecule has 1 amide bonds. The number of likely N-dealkylation sites (tertiary alicyclic amines) is 1. The average molecular weight is 472 g/mol. The molecule has 168 valence electrons. The van der Waals surface area contributed by atoms with E-state index in [-0.39, 0.29) is 12.3 Å². The third-order valence-electron chi connectivity index (χ3n) is 5.83. The number of benzene rings is 1. The standard InChI is InChI=1S/C20H23F2N3O4S2/c1-31(28,29)24-16-3-6-25(19(26)20(27)4-2-5-20)17(16)10-15-11-30-18(23-15)12-7-13(21)9-14(22)8-12/h7-9,11,16-17,24,27H,2-6,10H2,1H3/t16-,17?/m0/s1. The van der Waals surface area contributed by atoms with E-state index in [1.165, 1.54) is 23.5 Å². The van der Waals surface area contributed by atoms with Crippen molar-refractivity contribution >= 4 is 27.3 Å². The van der Waals surface area contributed by atoms with Crippen LogP contribution in [0, 0.1) is 11.6 Å². The Bertz CT molecular complexity index is 1080. The van der Waals surface area contributed by atoms with Crippen LogP contribution < -0.4 is 4.72 Å². The van der Waals surface area contributed by atoms with Gasteiger partial charge in [-0.2, -0.15) is 0 Å². The van der Waals surface area contributed by atoms with Crippen LogP contribution in [-0.4, -0.2) is 59.8 Å². The maximum Gasteiger partial charge on any atom is 0.254 e. The van der Waals surface area contributed by atoms with E-state index < -0.39 is 39.3 Å². The zero-order valence-corrected chi connectivity index (χ0v) is 18.5. The second-order valence-corrected chi connectivity index (χ2v) is 10.9. The summed E-state index contributed by atoms with van der Waals surface area (Å²) in [6.45, 7) is 0.325. The van der Waals surface area contributed by atoms with E-state index in [1.54, 1.807) is 10.3 Å². The summed E-state index contributed by atoms with van der Waals surface area (Å²) in [5, 5.41) is 12.7. The van der Waals surface area contributed by atoms with Crippen molar-refractivity contribution in [2.75, 3.05) is 12.8 Å². The highest BCUT2D eigenvalue weighted by Crippen LogP contribution is 2.36. The molecule has 0 bridgehead atoms. The van der Waals surface area contributed by atoms with Crippen LogP contribution in [-0.2, 0) is 21.2 Å². The number of thiazole rings is 1. The number of nitrogens with zero attached hydrogens (tertiary/aromatic N) is 2. The summed E-state index contributed by atoms with van der Waals surface area (Å²) in [4.78, 5) is 19.0. The number of halogens is 2. The van der Waals surface area contributed by atoms with Gasteiger partial charge in [-0.1, -0.05) is 0 Å².